The van der Waals surface area contributed by atoms with Gasteiger partial charge in [0.15, 0.2) is 5.78 Å². The molecule has 1 atom stereocenters. The van der Waals surface area contributed by atoms with Gasteiger partial charge in [-0.2, -0.15) is 0 Å². The summed E-state index contributed by atoms with van der Waals surface area (Å²) in [4.78, 5) is 14.3. The van der Waals surface area contributed by atoms with Gasteiger partial charge < -0.3 is 4.74 Å². The van der Waals surface area contributed by atoms with Gasteiger partial charge in [0.25, 0.3) is 0 Å². The number of carbonyl (C=O) groups is 1. The largest absolute Gasteiger partial charge is 0.376 e. The number of benzene rings is 1. The van der Waals surface area contributed by atoms with Crippen LogP contribution in [-0.4, -0.2) is 43.0 Å². The first-order chi connectivity index (χ1) is 8.75. The Labute approximate surface area is 109 Å². The van der Waals surface area contributed by atoms with Gasteiger partial charge in [0.05, 0.1) is 12.7 Å². The highest BCUT2D eigenvalue weighted by atomic mass is 16.5. The predicted octanol–water partition coefficient (Wildman–Crippen LogP) is 2.37. The van der Waals surface area contributed by atoms with Gasteiger partial charge in [0.2, 0.25) is 0 Å². The van der Waals surface area contributed by atoms with Crippen molar-refractivity contribution in [3.63, 3.8) is 0 Å². The van der Waals surface area contributed by atoms with Gasteiger partial charge in [-0.25, -0.2) is 0 Å². The summed E-state index contributed by atoms with van der Waals surface area (Å²) in [7, 11) is 0. The molecular formula is C15H21NO2. The zero-order valence-electron chi connectivity index (χ0n) is 11.0. The number of hydrogen-bond donors (Lipinski definition) is 0. The first-order valence-electron chi connectivity index (χ1n) is 6.68. The quantitative estimate of drug-likeness (QED) is 0.748. The SMILES string of the molecule is CC1CN(CCCC(=O)c2ccccc2)CCO1. The number of ether oxygens (including phenoxy) is 1. The van der Waals surface area contributed by atoms with Crippen LogP contribution < -0.4 is 0 Å². The van der Waals surface area contributed by atoms with Crippen LogP contribution in [-0.2, 0) is 4.74 Å². The standard InChI is InChI=1S/C15H21NO2/c1-13-12-16(10-11-18-13)9-5-8-15(17)14-6-3-2-4-7-14/h2-4,6-7,13H,5,8-12H2,1H3. The molecule has 1 aliphatic heterocycles. The Morgan fingerprint density at radius 2 is 2.17 bits per heavy atom. The van der Waals surface area contributed by atoms with Crippen molar-refractivity contribution in [1.82, 2.24) is 4.90 Å². The summed E-state index contributed by atoms with van der Waals surface area (Å²) in [6, 6.07) is 9.54. The first-order valence-corrected chi connectivity index (χ1v) is 6.68. The maximum absolute atomic E-state index is 11.9. The predicted molar refractivity (Wildman–Crippen MR) is 71.9 cm³/mol. The minimum Gasteiger partial charge on any atom is -0.376 e. The molecule has 1 unspecified atom stereocenters. The van der Waals surface area contributed by atoms with Crippen molar-refractivity contribution in [2.75, 3.05) is 26.2 Å². The summed E-state index contributed by atoms with van der Waals surface area (Å²) in [5, 5.41) is 0. The highest BCUT2D eigenvalue weighted by molar-refractivity contribution is 5.95. The molecule has 1 aromatic carbocycles. The highest BCUT2D eigenvalue weighted by Crippen LogP contribution is 2.08. The van der Waals surface area contributed by atoms with E-state index in [4.69, 9.17) is 4.74 Å². The van der Waals surface area contributed by atoms with Crippen molar-refractivity contribution in [3.05, 3.63) is 35.9 Å². The molecule has 18 heavy (non-hydrogen) atoms. The molecule has 0 aromatic heterocycles. The molecule has 3 nitrogen and oxygen atoms in total. The molecule has 0 radical (unpaired) electrons. The molecule has 1 fully saturated rings. The smallest absolute Gasteiger partial charge is 0.162 e. The minimum absolute atomic E-state index is 0.247. The normalized spacial score (nSPS) is 20.8. The molecule has 98 valence electrons. The maximum atomic E-state index is 11.9. The molecule has 1 aliphatic rings. The van der Waals surface area contributed by atoms with E-state index >= 15 is 0 Å². The number of Topliss-reactive ketones (excluding diaryl/α,β-unsaturated/α-hetero) is 1. The molecular weight excluding hydrogens is 226 g/mol. The van der Waals surface area contributed by atoms with Crippen LogP contribution in [0.15, 0.2) is 30.3 Å². The molecule has 0 saturated carbocycles. The number of nitrogens with zero attached hydrogens (tertiary/aromatic N) is 1. The first kappa shape index (κ1) is 13.2. The molecule has 0 bridgehead atoms. The van der Waals surface area contributed by atoms with Gasteiger partial charge in [0.1, 0.15) is 0 Å². The van der Waals surface area contributed by atoms with Gasteiger partial charge in [-0.05, 0) is 19.9 Å². The lowest BCUT2D eigenvalue weighted by atomic mass is 10.1. The van der Waals surface area contributed by atoms with E-state index in [0.717, 1.165) is 38.2 Å². The van der Waals surface area contributed by atoms with E-state index in [2.05, 4.69) is 11.8 Å². The summed E-state index contributed by atoms with van der Waals surface area (Å²) in [5.74, 6) is 0.247. The summed E-state index contributed by atoms with van der Waals surface area (Å²) in [6.07, 6.45) is 1.89. The topological polar surface area (TPSA) is 29.5 Å². The fraction of sp³-hybridized carbons (Fsp3) is 0.533. The van der Waals surface area contributed by atoms with Crippen molar-refractivity contribution in [2.24, 2.45) is 0 Å². The molecule has 2 rings (SSSR count). The van der Waals surface area contributed by atoms with Crippen LogP contribution in [0.25, 0.3) is 0 Å². The zero-order chi connectivity index (χ0) is 12.8. The van der Waals surface area contributed by atoms with E-state index in [-0.39, 0.29) is 5.78 Å². The van der Waals surface area contributed by atoms with Crippen LogP contribution in [0.2, 0.25) is 0 Å². The Morgan fingerprint density at radius 1 is 1.39 bits per heavy atom. The van der Waals surface area contributed by atoms with Crippen LogP contribution in [0.1, 0.15) is 30.1 Å². The van der Waals surface area contributed by atoms with Crippen LogP contribution in [0, 0.1) is 0 Å². The summed E-state index contributed by atoms with van der Waals surface area (Å²) < 4.78 is 5.50. The Kier molecular flexibility index (Phi) is 4.90. The van der Waals surface area contributed by atoms with E-state index in [0.29, 0.717) is 12.5 Å². The van der Waals surface area contributed by atoms with Gasteiger partial charge in [-0.15, -0.1) is 0 Å². The van der Waals surface area contributed by atoms with Crippen molar-refractivity contribution >= 4 is 5.78 Å². The highest BCUT2D eigenvalue weighted by Gasteiger charge is 2.16. The summed E-state index contributed by atoms with van der Waals surface area (Å²) in [6.45, 7) is 5.88. The number of hydrogen-bond acceptors (Lipinski definition) is 3. The van der Waals surface area contributed by atoms with Crippen molar-refractivity contribution in [1.29, 1.82) is 0 Å². The number of rotatable bonds is 5. The average molecular weight is 247 g/mol. The van der Waals surface area contributed by atoms with Gasteiger partial charge in [-0.3, -0.25) is 9.69 Å². The molecule has 0 amide bonds. The third kappa shape index (κ3) is 3.93. The maximum Gasteiger partial charge on any atom is 0.162 e. The van der Waals surface area contributed by atoms with E-state index < -0.39 is 0 Å². The summed E-state index contributed by atoms with van der Waals surface area (Å²) in [5.41, 5.74) is 0.827. The van der Waals surface area contributed by atoms with Gasteiger partial charge in [-0.1, -0.05) is 30.3 Å². The van der Waals surface area contributed by atoms with Crippen molar-refractivity contribution in [2.45, 2.75) is 25.9 Å². The average Bonchev–Trinajstić information content (AvgIpc) is 2.40. The lowest BCUT2D eigenvalue weighted by Gasteiger charge is -2.30. The van der Waals surface area contributed by atoms with Crippen LogP contribution >= 0.6 is 0 Å². The fourth-order valence-corrected chi connectivity index (χ4v) is 2.33. The monoisotopic (exact) mass is 247 g/mol. The zero-order valence-corrected chi connectivity index (χ0v) is 11.0. The van der Waals surface area contributed by atoms with Crippen molar-refractivity contribution < 1.29 is 9.53 Å². The lowest BCUT2D eigenvalue weighted by molar-refractivity contribution is -0.0184. The molecule has 0 spiro atoms. The Balaban J connectivity index is 1.70. The third-order valence-electron chi connectivity index (χ3n) is 3.30. The minimum atomic E-state index is 0.247. The Morgan fingerprint density at radius 3 is 2.89 bits per heavy atom. The molecule has 1 aromatic rings. The summed E-state index contributed by atoms with van der Waals surface area (Å²) >= 11 is 0. The van der Waals surface area contributed by atoms with E-state index in [1.54, 1.807) is 0 Å². The molecule has 0 aliphatic carbocycles. The van der Waals surface area contributed by atoms with Gasteiger partial charge >= 0.3 is 0 Å². The Hall–Kier alpha value is -1.19. The van der Waals surface area contributed by atoms with E-state index in [1.807, 2.05) is 30.3 Å². The lowest BCUT2D eigenvalue weighted by Crippen LogP contribution is -2.41. The number of morpholine rings is 1. The molecule has 1 heterocycles. The van der Waals surface area contributed by atoms with Gasteiger partial charge in [0, 0.05) is 25.1 Å². The van der Waals surface area contributed by atoms with Crippen molar-refractivity contribution in [3.8, 4) is 0 Å². The number of carbonyl (C=O) groups excluding carboxylic acids is 1. The molecule has 3 heteroatoms. The second-order valence-corrected chi connectivity index (χ2v) is 4.87. The van der Waals surface area contributed by atoms with Crippen LogP contribution in [0.5, 0.6) is 0 Å². The van der Waals surface area contributed by atoms with E-state index in [1.165, 1.54) is 0 Å². The second-order valence-electron chi connectivity index (χ2n) is 4.87. The van der Waals surface area contributed by atoms with Crippen LogP contribution in [0.4, 0.5) is 0 Å². The Bertz CT molecular complexity index is 377. The van der Waals surface area contributed by atoms with E-state index in [9.17, 15) is 4.79 Å². The molecule has 0 N–H and O–H groups in total. The molecule has 1 saturated heterocycles. The second kappa shape index (κ2) is 6.66. The number of ketones is 1. The van der Waals surface area contributed by atoms with Crippen LogP contribution in [0.3, 0.4) is 0 Å². The third-order valence-corrected chi connectivity index (χ3v) is 3.30. The fourth-order valence-electron chi connectivity index (χ4n) is 2.33.